The molecule has 4 nitrogen and oxygen atoms in total. The SMILES string of the molecule is CN1CCN(CCC2CCCCN2C(=O)C2CCCCC2)CC1. The Hall–Kier alpha value is -0.610. The van der Waals surface area contributed by atoms with E-state index < -0.39 is 0 Å². The lowest BCUT2D eigenvalue weighted by Gasteiger charge is -2.40. The van der Waals surface area contributed by atoms with Gasteiger partial charge in [0.2, 0.25) is 5.91 Å². The van der Waals surface area contributed by atoms with Gasteiger partial charge in [0.1, 0.15) is 0 Å². The van der Waals surface area contributed by atoms with Crippen molar-refractivity contribution < 1.29 is 4.79 Å². The van der Waals surface area contributed by atoms with Gasteiger partial charge in [0, 0.05) is 51.2 Å². The highest BCUT2D eigenvalue weighted by Gasteiger charge is 2.32. The second-order valence-corrected chi connectivity index (χ2v) is 7.95. The molecular formula is C19H35N3O. The molecule has 1 amide bonds. The molecule has 0 spiro atoms. The van der Waals surface area contributed by atoms with E-state index in [0.29, 0.717) is 17.9 Å². The van der Waals surface area contributed by atoms with Crippen LogP contribution in [-0.4, -0.2) is 73.0 Å². The Balaban J connectivity index is 1.50. The van der Waals surface area contributed by atoms with Crippen LogP contribution in [0.2, 0.25) is 0 Å². The summed E-state index contributed by atoms with van der Waals surface area (Å²) in [4.78, 5) is 20.3. The minimum absolute atomic E-state index is 0.341. The number of likely N-dealkylation sites (N-methyl/N-ethyl adjacent to an activating group) is 1. The lowest BCUT2D eigenvalue weighted by Crippen LogP contribution is -2.49. The first-order valence-electron chi connectivity index (χ1n) is 9.95. The molecule has 3 fully saturated rings. The van der Waals surface area contributed by atoms with Crippen LogP contribution < -0.4 is 0 Å². The highest BCUT2D eigenvalue weighted by atomic mass is 16.2. The van der Waals surface area contributed by atoms with E-state index >= 15 is 0 Å². The second-order valence-electron chi connectivity index (χ2n) is 7.95. The van der Waals surface area contributed by atoms with Crippen LogP contribution in [-0.2, 0) is 4.79 Å². The van der Waals surface area contributed by atoms with Gasteiger partial charge in [-0.3, -0.25) is 4.79 Å². The first-order chi connectivity index (χ1) is 11.2. The summed E-state index contributed by atoms with van der Waals surface area (Å²) in [6.45, 7) is 6.96. The van der Waals surface area contributed by atoms with E-state index in [-0.39, 0.29) is 0 Å². The molecule has 0 bridgehead atoms. The normalized spacial score (nSPS) is 28.9. The molecular weight excluding hydrogens is 286 g/mol. The van der Waals surface area contributed by atoms with Crippen molar-refractivity contribution in [3.05, 3.63) is 0 Å². The number of carbonyl (C=O) groups excluding carboxylic acids is 1. The van der Waals surface area contributed by atoms with Crippen molar-refractivity contribution in [3.8, 4) is 0 Å². The predicted octanol–water partition coefficient (Wildman–Crippen LogP) is 2.59. The van der Waals surface area contributed by atoms with Crippen LogP contribution >= 0.6 is 0 Å². The third-order valence-electron chi connectivity index (χ3n) is 6.24. The standard InChI is InChI=1S/C19H35N3O/c1-20-13-15-21(16-14-20)12-10-18-9-5-6-11-22(18)19(23)17-7-3-2-4-8-17/h17-18H,2-16H2,1H3. The van der Waals surface area contributed by atoms with Crippen molar-refractivity contribution in [2.24, 2.45) is 5.92 Å². The average molecular weight is 322 g/mol. The number of nitrogens with zero attached hydrogens (tertiary/aromatic N) is 3. The summed E-state index contributed by atoms with van der Waals surface area (Å²) >= 11 is 0. The predicted molar refractivity (Wildman–Crippen MR) is 94.5 cm³/mol. The lowest BCUT2D eigenvalue weighted by atomic mass is 9.86. The number of hydrogen-bond acceptors (Lipinski definition) is 3. The number of rotatable bonds is 4. The molecule has 0 aromatic rings. The topological polar surface area (TPSA) is 26.8 Å². The Morgan fingerprint density at radius 3 is 2.30 bits per heavy atom. The summed E-state index contributed by atoms with van der Waals surface area (Å²) in [6.07, 6.45) is 11.1. The van der Waals surface area contributed by atoms with Gasteiger partial charge in [-0.25, -0.2) is 0 Å². The fourth-order valence-corrected chi connectivity index (χ4v) is 4.58. The zero-order valence-electron chi connectivity index (χ0n) is 15.0. The second kappa shape index (κ2) is 8.48. The van der Waals surface area contributed by atoms with Crippen LogP contribution in [0.1, 0.15) is 57.8 Å². The number of carbonyl (C=O) groups is 1. The maximum absolute atomic E-state index is 13.0. The Morgan fingerprint density at radius 1 is 0.870 bits per heavy atom. The lowest BCUT2D eigenvalue weighted by molar-refractivity contribution is -0.140. The third-order valence-corrected chi connectivity index (χ3v) is 6.24. The highest BCUT2D eigenvalue weighted by Crippen LogP contribution is 2.29. The Bertz CT molecular complexity index is 373. The first-order valence-corrected chi connectivity index (χ1v) is 9.95. The molecule has 0 aromatic carbocycles. The molecule has 3 aliphatic rings. The molecule has 1 atom stereocenters. The molecule has 3 rings (SSSR count). The summed E-state index contributed by atoms with van der Waals surface area (Å²) in [7, 11) is 2.21. The van der Waals surface area contributed by atoms with Crippen molar-refractivity contribution in [1.82, 2.24) is 14.7 Å². The molecule has 1 saturated carbocycles. The average Bonchev–Trinajstić information content (AvgIpc) is 2.62. The zero-order chi connectivity index (χ0) is 16.1. The molecule has 0 radical (unpaired) electrons. The van der Waals surface area contributed by atoms with E-state index in [1.54, 1.807) is 0 Å². The Morgan fingerprint density at radius 2 is 1.57 bits per heavy atom. The molecule has 1 aliphatic carbocycles. The number of piperidine rings is 1. The van der Waals surface area contributed by atoms with Crippen LogP contribution in [0.15, 0.2) is 0 Å². The summed E-state index contributed by atoms with van der Waals surface area (Å²) in [5, 5.41) is 0. The van der Waals surface area contributed by atoms with Gasteiger partial charge in [-0.05, 0) is 45.6 Å². The van der Waals surface area contributed by atoms with Gasteiger partial charge in [-0.1, -0.05) is 19.3 Å². The summed E-state index contributed by atoms with van der Waals surface area (Å²) in [6, 6.07) is 0.512. The van der Waals surface area contributed by atoms with Crippen molar-refractivity contribution in [2.75, 3.05) is 46.3 Å². The summed E-state index contributed by atoms with van der Waals surface area (Å²) < 4.78 is 0. The van der Waals surface area contributed by atoms with E-state index in [4.69, 9.17) is 0 Å². The van der Waals surface area contributed by atoms with Gasteiger partial charge in [-0.15, -0.1) is 0 Å². The molecule has 2 aliphatic heterocycles. The van der Waals surface area contributed by atoms with Gasteiger partial charge in [-0.2, -0.15) is 0 Å². The van der Waals surface area contributed by atoms with Crippen LogP contribution in [0, 0.1) is 5.92 Å². The number of amides is 1. The molecule has 132 valence electrons. The largest absolute Gasteiger partial charge is 0.339 e. The third kappa shape index (κ3) is 4.69. The van der Waals surface area contributed by atoms with Crippen LogP contribution in [0.3, 0.4) is 0 Å². The molecule has 23 heavy (non-hydrogen) atoms. The smallest absolute Gasteiger partial charge is 0.225 e. The fourth-order valence-electron chi connectivity index (χ4n) is 4.58. The van der Waals surface area contributed by atoms with E-state index in [1.165, 1.54) is 77.7 Å². The van der Waals surface area contributed by atoms with Gasteiger partial charge >= 0.3 is 0 Å². The summed E-state index contributed by atoms with van der Waals surface area (Å²) in [5.41, 5.74) is 0. The van der Waals surface area contributed by atoms with Crippen molar-refractivity contribution in [2.45, 2.75) is 63.8 Å². The number of likely N-dealkylation sites (tertiary alicyclic amines) is 1. The first kappa shape index (κ1) is 17.2. The Kier molecular flexibility index (Phi) is 6.35. The number of piperazine rings is 1. The van der Waals surface area contributed by atoms with E-state index in [2.05, 4.69) is 21.7 Å². The van der Waals surface area contributed by atoms with Crippen molar-refractivity contribution in [3.63, 3.8) is 0 Å². The molecule has 1 unspecified atom stereocenters. The molecule has 2 heterocycles. The van der Waals surface area contributed by atoms with E-state index in [9.17, 15) is 4.79 Å². The maximum atomic E-state index is 13.0. The molecule has 0 N–H and O–H groups in total. The van der Waals surface area contributed by atoms with Gasteiger partial charge < -0.3 is 14.7 Å². The molecule has 2 saturated heterocycles. The van der Waals surface area contributed by atoms with Crippen LogP contribution in [0.5, 0.6) is 0 Å². The monoisotopic (exact) mass is 321 g/mol. The van der Waals surface area contributed by atoms with Gasteiger partial charge in [0.05, 0.1) is 0 Å². The summed E-state index contributed by atoms with van der Waals surface area (Å²) in [5.74, 6) is 0.834. The minimum Gasteiger partial charge on any atom is -0.339 e. The van der Waals surface area contributed by atoms with Crippen LogP contribution in [0.4, 0.5) is 0 Å². The fraction of sp³-hybridized carbons (Fsp3) is 0.947. The molecule has 0 aromatic heterocycles. The van der Waals surface area contributed by atoms with Crippen molar-refractivity contribution >= 4 is 5.91 Å². The van der Waals surface area contributed by atoms with Crippen LogP contribution in [0.25, 0.3) is 0 Å². The quantitative estimate of drug-likeness (QED) is 0.796. The van der Waals surface area contributed by atoms with Gasteiger partial charge in [0.15, 0.2) is 0 Å². The minimum atomic E-state index is 0.341. The van der Waals surface area contributed by atoms with Crippen molar-refractivity contribution in [1.29, 1.82) is 0 Å². The Labute approximate surface area is 142 Å². The highest BCUT2D eigenvalue weighted by molar-refractivity contribution is 5.79. The zero-order valence-corrected chi connectivity index (χ0v) is 15.0. The van der Waals surface area contributed by atoms with E-state index in [1.807, 2.05) is 0 Å². The number of hydrogen-bond donors (Lipinski definition) is 0. The van der Waals surface area contributed by atoms with E-state index in [0.717, 1.165) is 19.4 Å². The maximum Gasteiger partial charge on any atom is 0.225 e. The van der Waals surface area contributed by atoms with Gasteiger partial charge in [0.25, 0.3) is 0 Å². The molecule has 4 heteroatoms.